The van der Waals surface area contributed by atoms with Crippen LogP contribution in [0.4, 0.5) is 5.95 Å². The van der Waals surface area contributed by atoms with Gasteiger partial charge in [-0.1, -0.05) is 53.1 Å². The van der Waals surface area contributed by atoms with Crippen molar-refractivity contribution < 1.29 is 33.3 Å². The quantitative estimate of drug-likeness (QED) is 0.315. The lowest BCUT2D eigenvalue weighted by molar-refractivity contribution is -0.173. The molecular weight excluding hydrogens is 482 g/mol. The summed E-state index contributed by atoms with van der Waals surface area (Å²) in [4.78, 5) is 49.6. The normalized spacial score (nSPS) is 22.2. The fourth-order valence-electron chi connectivity index (χ4n) is 3.29. The van der Waals surface area contributed by atoms with Crippen molar-refractivity contribution in [2.24, 2.45) is 17.8 Å². The molecule has 35 heavy (non-hydrogen) atoms. The molecular formula is C22H30ClN5O7. The minimum Gasteiger partial charge on any atom is -0.463 e. The van der Waals surface area contributed by atoms with Crippen LogP contribution in [0.25, 0.3) is 11.2 Å². The molecule has 1 aliphatic heterocycles. The van der Waals surface area contributed by atoms with Crippen molar-refractivity contribution in [2.75, 3.05) is 12.3 Å². The fraction of sp³-hybridized carbons (Fsp3) is 0.636. The van der Waals surface area contributed by atoms with Crippen LogP contribution in [-0.2, 0) is 33.3 Å². The Bertz CT molecular complexity index is 1100. The SMILES string of the molecule is CC(C)C(=O)OC[C@H]1O[C@@H](n2cnc3c(Cl)nc(N)nc32)[C@H](OC(=O)C(C)C)[C@@H]1OC(=O)C(C)C. The first-order chi connectivity index (χ1) is 16.4. The molecule has 12 nitrogen and oxygen atoms in total. The average Bonchev–Trinajstić information content (AvgIpc) is 3.33. The number of fused-ring (bicyclic) bond motifs is 1. The van der Waals surface area contributed by atoms with Crippen LogP contribution in [0.15, 0.2) is 6.33 Å². The van der Waals surface area contributed by atoms with Gasteiger partial charge in [0.15, 0.2) is 29.2 Å². The average molecular weight is 512 g/mol. The molecule has 0 aromatic carbocycles. The number of rotatable bonds is 8. The zero-order valence-corrected chi connectivity index (χ0v) is 21.2. The van der Waals surface area contributed by atoms with Gasteiger partial charge in [0.05, 0.1) is 24.1 Å². The Labute approximate surface area is 207 Å². The lowest BCUT2D eigenvalue weighted by atomic mass is 10.1. The third-order valence-electron chi connectivity index (χ3n) is 5.26. The highest BCUT2D eigenvalue weighted by molar-refractivity contribution is 6.33. The van der Waals surface area contributed by atoms with Crippen molar-refractivity contribution in [3.05, 3.63) is 11.5 Å². The van der Waals surface area contributed by atoms with Crippen molar-refractivity contribution in [3.8, 4) is 0 Å². The molecule has 3 rings (SSSR count). The number of halogens is 1. The smallest absolute Gasteiger partial charge is 0.308 e. The van der Waals surface area contributed by atoms with Gasteiger partial charge in [-0.05, 0) is 0 Å². The number of aromatic nitrogens is 4. The van der Waals surface area contributed by atoms with Gasteiger partial charge < -0.3 is 24.7 Å². The number of carbonyl (C=O) groups is 3. The maximum absolute atomic E-state index is 12.6. The molecule has 0 spiro atoms. The number of nitrogens with zero attached hydrogens (tertiary/aromatic N) is 4. The Morgan fingerprint density at radius 3 is 2.14 bits per heavy atom. The first kappa shape index (κ1) is 26.6. The standard InChI is InChI=1S/C22H30ClN5O7/c1-9(2)19(29)32-7-12-14(34-20(30)10(3)4)15(35-21(31)11(5)6)18(33-12)28-8-25-13-16(23)26-22(24)27-17(13)28/h8-12,14-15,18H,7H2,1-6H3,(H2,24,26,27)/t12-,14-,15-,18-/m1/s1. The number of hydrogen-bond donors (Lipinski definition) is 1. The Morgan fingerprint density at radius 1 is 1.00 bits per heavy atom. The molecule has 1 aliphatic rings. The molecule has 13 heteroatoms. The Kier molecular flexibility index (Phi) is 8.16. The monoisotopic (exact) mass is 511 g/mol. The van der Waals surface area contributed by atoms with E-state index in [1.165, 1.54) is 10.9 Å². The Hall–Kier alpha value is -2.99. The number of imidazole rings is 1. The lowest BCUT2D eigenvalue weighted by Crippen LogP contribution is -2.42. The summed E-state index contributed by atoms with van der Waals surface area (Å²) in [5.74, 6) is -2.93. The lowest BCUT2D eigenvalue weighted by Gasteiger charge is -2.26. The molecule has 0 unspecified atom stereocenters. The van der Waals surface area contributed by atoms with Crippen molar-refractivity contribution in [3.63, 3.8) is 0 Å². The number of nitrogen functional groups attached to an aromatic ring is 1. The van der Waals surface area contributed by atoms with Crippen LogP contribution in [0.1, 0.15) is 47.8 Å². The van der Waals surface area contributed by atoms with Gasteiger partial charge in [-0.3, -0.25) is 19.0 Å². The van der Waals surface area contributed by atoms with E-state index in [1.807, 2.05) is 0 Å². The highest BCUT2D eigenvalue weighted by Crippen LogP contribution is 2.37. The minimum atomic E-state index is -1.11. The van der Waals surface area contributed by atoms with E-state index in [9.17, 15) is 14.4 Å². The number of hydrogen-bond acceptors (Lipinski definition) is 11. The second kappa shape index (κ2) is 10.7. The first-order valence-corrected chi connectivity index (χ1v) is 11.7. The Balaban J connectivity index is 2.05. The van der Waals surface area contributed by atoms with E-state index in [2.05, 4.69) is 15.0 Å². The molecule has 0 bridgehead atoms. The minimum absolute atomic E-state index is 0.0326. The molecule has 0 amide bonds. The van der Waals surface area contributed by atoms with Gasteiger partial charge in [-0.15, -0.1) is 0 Å². The number of anilines is 1. The van der Waals surface area contributed by atoms with Gasteiger partial charge in [0, 0.05) is 0 Å². The molecule has 192 valence electrons. The van der Waals surface area contributed by atoms with Crippen LogP contribution < -0.4 is 5.73 Å². The van der Waals surface area contributed by atoms with Gasteiger partial charge >= 0.3 is 17.9 Å². The van der Waals surface area contributed by atoms with E-state index in [0.29, 0.717) is 0 Å². The van der Waals surface area contributed by atoms with Crippen LogP contribution in [0, 0.1) is 17.8 Å². The fourth-order valence-corrected chi connectivity index (χ4v) is 3.51. The summed E-state index contributed by atoms with van der Waals surface area (Å²) < 4.78 is 24.5. The summed E-state index contributed by atoms with van der Waals surface area (Å²) in [6.45, 7) is 9.83. The summed E-state index contributed by atoms with van der Waals surface area (Å²) in [7, 11) is 0. The molecule has 0 aliphatic carbocycles. The number of nitrogens with two attached hydrogens (primary N) is 1. The zero-order chi connectivity index (χ0) is 26.0. The van der Waals surface area contributed by atoms with Gasteiger partial charge in [0.1, 0.15) is 18.2 Å². The summed E-state index contributed by atoms with van der Waals surface area (Å²) in [6.07, 6.45) is -2.79. The summed E-state index contributed by atoms with van der Waals surface area (Å²) >= 11 is 6.16. The Morgan fingerprint density at radius 2 is 1.57 bits per heavy atom. The van der Waals surface area contributed by atoms with Gasteiger partial charge in [-0.25, -0.2) is 4.98 Å². The molecule has 3 heterocycles. The van der Waals surface area contributed by atoms with Gasteiger partial charge in [0.25, 0.3) is 0 Å². The van der Waals surface area contributed by atoms with E-state index in [-0.39, 0.29) is 34.8 Å². The van der Waals surface area contributed by atoms with Crippen LogP contribution in [0.5, 0.6) is 0 Å². The number of esters is 3. The topological polar surface area (TPSA) is 158 Å². The summed E-state index contributed by atoms with van der Waals surface area (Å²) in [6, 6.07) is 0. The van der Waals surface area contributed by atoms with Crippen molar-refractivity contribution in [1.82, 2.24) is 19.5 Å². The zero-order valence-electron chi connectivity index (χ0n) is 20.4. The van der Waals surface area contributed by atoms with Gasteiger partial charge in [0.2, 0.25) is 5.95 Å². The molecule has 1 fully saturated rings. The van der Waals surface area contributed by atoms with Crippen LogP contribution in [0.2, 0.25) is 5.15 Å². The maximum Gasteiger partial charge on any atom is 0.308 e. The van der Waals surface area contributed by atoms with E-state index in [0.717, 1.165) is 0 Å². The summed E-state index contributed by atoms with van der Waals surface area (Å²) in [5, 5.41) is 0.0326. The third-order valence-corrected chi connectivity index (χ3v) is 5.53. The second-order valence-corrected chi connectivity index (χ2v) is 9.52. The van der Waals surface area contributed by atoms with E-state index in [1.54, 1.807) is 41.5 Å². The van der Waals surface area contributed by atoms with Crippen molar-refractivity contribution in [1.29, 1.82) is 0 Å². The molecule has 1 saturated heterocycles. The van der Waals surface area contributed by atoms with Crippen LogP contribution in [0.3, 0.4) is 0 Å². The number of carbonyl (C=O) groups excluding carboxylic acids is 3. The van der Waals surface area contributed by atoms with Crippen LogP contribution >= 0.6 is 11.6 Å². The number of ether oxygens (including phenoxy) is 4. The molecule has 0 radical (unpaired) electrons. The van der Waals surface area contributed by atoms with E-state index in [4.69, 9.17) is 36.3 Å². The maximum atomic E-state index is 12.6. The first-order valence-electron chi connectivity index (χ1n) is 11.3. The highest BCUT2D eigenvalue weighted by Gasteiger charge is 2.52. The van der Waals surface area contributed by atoms with E-state index < -0.39 is 54.3 Å². The molecule has 2 aromatic heterocycles. The highest BCUT2D eigenvalue weighted by atomic mass is 35.5. The molecule has 0 saturated carbocycles. The van der Waals surface area contributed by atoms with Gasteiger partial charge in [-0.2, -0.15) is 9.97 Å². The second-order valence-electron chi connectivity index (χ2n) is 9.16. The predicted octanol–water partition coefficient (Wildman–Crippen LogP) is 2.29. The predicted molar refractivity (Wildman–Crippen MR) is 124 cm³/mol. The molecule has 2 aromatic rings. The van der Waals surface area contributed by atoms with Crippen LogP contribution in [-0.4, -0.2) is 62.3 Å². The molecule has 4 atom stereocenters. The largest absolute Gasteiger partial charge is 0.463 e. The van der Waals surface area contributed by atoms with E-state index >= 15 is 0 Å². The van der Waals surface area contributed by atoms with Crippen molar-refractivity contribution >= 4 is 46.6 Å². The third kappa shape index (κ3) is 5.81. The molecule has 2 N–H and O–H groups in total. The summed E-state index contributed by atoms with van der Waals surface area (Å²) in [5.41, 5.74) is 6.25. The van der Waals surface area contributed by atoms with Crippen molar-refractivity contribution in [2.45, 2.75) is 66.1 Å².